The van der Waals surface area contributed by atoms with Crippen LogP contribution in [0.15, 0.2) is 42.5 Å². The number of amides is 1. The summed E-state index contributed by atoms with van der Waals surface area (Å²) in [6, 6.07) is 9.38. The van der Waals surface area contributed by atoms with E-state index in [1.165, 1.54) is 18.2 Å². The third-order valence-electron chi connectivity index (χ3n) is 2.89. The largest absolute Gasteiger partial charge is 0.488 e. The van der Waals surface area contributed by atoms with E-state index in [1.807, 2.05) is 0 Å². The molecule has 0 saturated heterocycles. The standard InChI is InChI=1S/C14H12BF2NO3/c16-11-5-2-6-12(17)13(11)14(19)18-8-9-3-1-4-10(7-9)15(20)21/h1-7,20-21H,8H2,(H,18,19). The van der Waals surface area contributed by atoms with Crippen LogP contribution in [0.3, 0.4) is 0 Å². The molecule has 0 saturated carbocycles. The van der Waals surface area contributed by atoms with Crippen molar-refractivity contribution in [2.45, 2.75) is 6.54 Å². The van der Waals surface area contributed by atoms with Crippen LogP contribution >= 0.6 is 0 Å². The number of carbonyl (C=O) groups is 1. The summed E-state index contributed by atoms with van der Waals surface area (Å²) in [4.78, 5) is 11.8. The first kappa shape index (κ1) is 15.1. The maximum atomic E-state index is 13.4. The van der Waals surface area contributed by atoms with E-state index in [0.717, 1.165) is 12.1 Å². The van der Waals surface area contributed by atoms with Gasteiger partial charge in [-0.25, -0.2) is 8.78 Å². The van der Waals surface area contributed by atoms with Crippen molar-refractivity contribution >= 4 is 18.5 Å². The molecule has 0 radical (unpaired) electrons. The number of rotatable bonds is 4. The Morgan fingerprint density at radius 2 is 1.71 bits per heavy atom. The van der Waals surface area contributed by atoms with E-state index in [4.69, 9.17) is 10.0 Å². The van der Waals surface area contributed by atoms with Crippen molar-refractivity contribution in [3.05, 3.63) is 65.2 Å². The lowest BCUT2D eigenvalue weighted by Crippen LogP contribution is -2.31. The van der Waals surface area contributed by atoms with Crippen molar-refractivity contribution in [1.82, 2.24) is 5.32 Å². The lowest BCUT2D eigenvalue weighted by molar-refractivity contribution is 0.0942. The molecule has 0 heterocycles. The van der Waals surface area contributed by atoms with Gasteiger partial charge in [-0.15, -0.1) is 0 Å². The molecule has 7 heteroatoms. The van der Waals surface area contributed by atoms with Crippen LogP contribution in [0.1, 0.15) is 15.9 Å². The molecular formula is C14H12BF2NO3. The van der Waals surface area contributed by atoms with Gasteiger partial charge in [0.15, 0.2) is 0 Å². The highest BCUT2D eigenvalue weighted by Gasteiger charge is 2.17. The molecule has 4 nitrogen and oxygen atoms in total. The fraction of sp³-hybridized carbons (Fsp3) is 0.0714. The van der Waals surface area contributed by atoms with Crippen LogP contribution in [0, 0.1) is 11.6 Å². The molecule has 0 aliphatic carbocycles. The molecule has 2 rings (SSSR count). The van der Waals surface area contributed by atoms with E-state index in [9.17, 15) is 13.6 Å². The number of halogens is 2. The number of nitrogens with one attached hydrogen (secondary N) is 1. The molecule has 2 aromatic carbocycles. The van der Waals surface area contributed by atoms with Crippen LogP contribution in [-0.2, 0) is 6.54 Å². The van der Waals surface area contributed by atoms with Gasteiger partial charge >= 0.3 is 7.12 Å². The average Bonchev–Trinajstić information content (AvgIpc) is 2.45. The van der Waals surface area contributed by atoms with Gasteiger partial charge in [0.05, 0.1) is 0 Å². The van der Waals surface area contributed by atoms with Gasteiger partial charge < -0.3 is 15.4 Å². The van der Waals surface area contributed by atoms with Gasteiger partial charge in [-0.2, -0.15) is 0 Å². The van der Waals surface area contributed by atoms with Gasteiger partial charge in [0, 0.05) is 6.54 Å². The maximum Gasteiger partial charge on any atom is 0.488 e. The van der Waals surface area contributed by atoms with E-state index >= 15 is 0 Å². The quantitative estimate of drug-likeness (QED) is 0.722. The van der Waals surface area contributed by atoms with Crippen molar-refractivity contribution in [3.8, 4) is 0 Å². The molecule has 1 amide bonds. The number of carbonyl (C=O) groups excluding carboxylic acids is 1. The molecule has 0 unspecified atom stereocenters. The molecular weight excluding hydrogens is 279 g/mol. The van der Waals surface area contributed by atoms with Gasteiger partial charge in [-0.3, -0.25) is 4.79 Å². The first-order valence-corrected chi connectivity index (χ1v) is 6.16. The number of benzene rings is 2. The third-order valence-corrected chi connectivity index (χ3v) is 2.89. The van der Waals surface area contributed by atoms with Crippen LogP contribution in [-0.4, -0.2) is 23.1 Å². The summed E-state index contributed by atoms with van der Waals surface area (Å²) >= 11 is 0. The first-order valence-electron chi connectivity index (χ1n) is 6.16. The highest BCUT2D eigenvalue weighted by Crippen LogP contribution is 2.12. The fourth-order valence-electron chi connectivity index (χ4n) is 1.85. The smallest absolute Gasteiger partial charge is 0.423 e. The summed E-state index contributed by atoms with van der Waals surface area (Å²) in [7, 11) is -1.62. The number of hydrogen-bond donors (Lipinski definition) is 3. The summed E-state index contributed by atoms with van der Waals surface area (Å²) in [5.74, 6) is -2.75. The molecule has 0 atom stereocenters. The zero-order valence-electron chi connectivity index (χ0n) is 10.9. The molecule has 0 aromatic heterocycles. The minimum absolute atomic E-state index is 0.00711. The minimum atomic E-state index is -1.62. The van der Waals surface area contributed by atoms with Crippen molar-refractivity contribution in [3.63, 3.8) is 0 Å². The fourth-order valence-corrected chi connectivity index (χ4v) is 1.85. The predicted octanol–water partition coefficient (Wildman–Crippen LogP) is 0.575. The monoisotopic (exact) mass is 291 g/mol. The van der Waals surface area contributed by atoms with E-state index < -0.39 is 30.2 Å². The van der Waals surface area contributed by atoms with Crippen molar-refractivity contribution in [2.75, 3.05) is 0 Å². The SMILES string of the molecule is O=C(NCc1cccc(B(O)O)c1)c1c(F)cccc1F. The first-order chi connectivity index (χ1) is 9.99. The minimum Gasteiger partial charge on any atom is -0.423 e. The van der Waals surface area contributed by atoms with Crippen molar-refractivity contribution < 1.29 is 23.6 Å². The second kappa shape index (κ2) is 6.47. The number of hydrogen-bond acceptors (Lipinski definition) is 3. The van der Waals surface area contributed by atoms with E-state index in [-0.39, 0.29) is 12.0 Å². The van der Waals surface area contributed by atoms with Gasteiger partial charge in [0.1, 0.15) is 17.2 Å². The maximum absolute atomic E-state index is 13.4. The molecule has 108 valence electrons. The molecule has 0 aliphatic rings. The third kappa shape index (κ3) is 3.65. The Labute approximate surface area is 120 Å². The Morgan fingerprint density at radius 3 is 2.33 bits per heavy atom. The summed E-state index contributed by atoms with van der Waals surface area (Å²) in [5, 5.41) is 20.5. The van der Waals surface area contributed by atoms with Crippen LogP contribution in [0.5, 0.6) is 0 Å². The van der Waals surface area contributed by atoms with Crippen LogP contribution in [0.25, 0.3) is 0 Å². The average molecular weight is 291 g/mol. The van der Waals surface area contributed by atoms with Gasteiger partial charge in [-0.1, -0.05) is 30.3 Å². The Bertz CT molecular complexity index is 644. The molecule has 21 heavy (non-hydrogen) atoms. The Hall–Kier alpha value is -2.25. The van der Waals surface area contributed by atoms with Crippen LogP contribution in [0.2, 0.25) is 0 Å². The molecule has 0 bridgehead atoms. The summed E-state index contributed by atoms with van der Waals surface area (Å²) in [6.45, 7) is 0.00711. The molecule has 3 N–H and O–H groups in total. The lowest BCUT2D eigenvalue weighted by Gasteiger charge is -2.08. The van der Waals surface area contributed by atoms with E-state index in [0.29, 0.717) is 5.56 Å². The highest BCUT2D eigenvalue weighted by atomic mass is 19.1. The second-order valence-corrected chi connectivity index (χ2v) is 4.40. The second-order valence-electron chi connectivity index (χ2n) is 4.40. The lowest BCUT2D eigenvalue weighted by atomic mass is 9.79. The zero-order chi connectivity index (χ0) is 15.4. The molecule has 0 fully saturated rings. The predicted molar refractivity (Wildman–Crippen MR) is 73.8 cm³/mol. The van der Waals surface area contributed by atoms with E-state index in [2.05, 4.69) is 5.32 Å². The Morgan fingerprint density at radius 1 is 1.10 bits per heavy atom. The molecule has 0 aliphatic heterocycles. The zero-order valence-corrected chi connectivity index (χ0v) is 10.9. The summed E-state index contributed by atoms with van der Waals surface area (Å²) < 4.78 is 26.9. The normalized spacial score (nSPS) is 10.3. The topological polar surface area (TPSA) is 69.6 Å². The van der Waals surface area contributed by atoms with Crippen LogP contribution < -0.4 is 10.8 Å². The molecule has 0 spiro atoms. The van der Waals surface area contributed by atoms with Crippen LogP contribution in [0.4, 0.5) is 8.78 Å². The van der Waals surface area contributed by atoms with Crippen molar-refractivity contribution in [2.24, 2.45) is 0 Å². The van der Waals surface area contributed by atoms with Gasteiger partial charge in [0.2, 0.25) is 0 Å². The summed E-state index contributed by atoms with van der Waals surface area (Å²) in [5.41, 5.74) is 0.195. The Balaban J connectivity index is 2.09. The highest BCUT2D eigenvalue weighted by molar-refractivity contribution is 6.58. The van der Waals surface area contributed by atoms with Crippen molar-refractivity contribution in [1.29, 1.82) is 0 Å². The van der Waals surface area contributed by atoms with E-state index in [1.54, 1.807) is 12.1 Å². The van der Waals surface area contributed by atoms with Gasteiger partial charge in [0.25, 0.3) is 5.91 Å². The van der Waals surface area contributed by atoms with Gasteiger partial charge in [-0.05, 0) is 23.2 Å². The summed E-state index contributed by atoms with van der Waals surface area (Å²) in [6.07, 6.45) is 0. The Kier molecular flexibility index (Phi) is 4.67. The molecule has 2 aromatic rings.